The lowest BCUT2D eigenvalue weighted by Gasteiger charge is -2.22. The van der Waals surface area contributed by atoms with E-state index in [1.165, 1.54) is 18.2 Å². The lowest BCUT2D eigenvalue weighted by molar-refractivity contribution is -0.116. The first-order chi connectivity index (χ1) is 10.1. The van der Waals surface area contributed by atoms with Crippen LogP contribution in [0.4, 0.5) is 15.8 Å². The van der Waals surface area contributed by atoms with Gasteiger partial charge in [0.05, 0.1) is 12.3 Å². The summed E-state index contributed by atoms with van der Waals surface area (Å²) in [6.07, 6.45) is 2.25. The Bertz CT molecular complexity index is 490. The summed E-state index contributed by atoms with van der Waals surface area (Å²) in [4.78, 5) is 14.1. The number of hydrogen-bond donors (Lipinski definition) is 2. The van der Waals surface area contributed by atoms with Crippen LogP contribution in [0.2, 0.25) is 0 Å². The predicted octanol–water partition coefficient (Wildman–Crippen LogP) is 1.85. The monoisotopic (exact) mass is 295 g/mol. The van der Waals surface area contributed by atoms with E-state index in [9.17, 15) is 9.18 Å². The highest BCUT2D eigenvalue weighted by molar-refractivity contribution is 5.91. The zero-order valence-electron chi connectivity index (χ0n) is 12.3. The molecule has 1 saturated heterocycles. The Kier molecular flexibility index (Phi) is 5.52. The van der Waals surface area contributed by atoms with Crippen molar-refractivity contribution in [2.24, 2.45) is 0 Å². The van der Waals surface area contributed by atoms with Crippen molar-refractivity contribution in [1.82, 2.24) is 4.90 Å². The number of ether oxygens (including phenoxy) is 1. The number of carbonyl (C=O) groups is 1. The summed E-state index contributed by atoms with van der Waals surface area (Å²) >= 11 is 0. The van der Waals surface area contributed by atoms with Gasteiger partial charge in [0.1, 0.15) is 5.82 Å². The number of nitrogens with zero attached hydrogens (tertiary/aromatic N) is 1. The first-order valence-electron chi connectivity index (χ1n) is 7.19. The Hall–Kier alpha value is -1.66. The van der Waals surface area contributed by atoms with E-state index >= 15 is 0 Å². The molecule has 1 atom stereocenters. The van der Waals surface area contributed by atoms with Crippen molar-refractivity contribution in [1.29, 1.82) is 0 Å². The number of nitrogens with two attached hydrogens (primary N) is 1. The molecule has 6 heteroatoms. The summed E-state index contributed by atoms with van der Waals surface area (Å²) in [6.45, 7) is 2.45. The zero-order chi connectivity index (χ0) is 15.2. The molecule has 1 heterocycles. The van der Waals surface area contributed by atoms with Gasteiger partial charge in [0.2, 0.25) is 5.91 Å². The fraction of sp³-hybridized carbons (Fsp3) is 0.533. The van der Waals surface area contributed by atoms with Crippen molar-refractivity contribution in [2.45, 2.75) is 25.3 Å². The highest BCUT2D eigenvalue weighted by atomic mass is 19.1. The fourth-order valence-corrected chi connectivity index (χ4v) is 2.39. The van der Waals surface area contributed by atoms with Crippen molar-refractivity contribution < 1.29 is 13.9 Å². The smallest absolute Gasteiger partial charge is 0.224 e. The first kappa shape index (κ1) is 15.7. The number of rotatable bonds is 6. The molecule has 1 aliphatic heterocycles. The Labute approximate surface area is 124 Å². The molecule has 0 saturated carbocycles. The summed E-state index contributed by atoms with van der Waals surface area (Å²) in [7, 11) is 2.05. The maximum atomic E-state index is 13.0. The van der Waals surface area contributed by atoms with Crippen LogP contribution < -0.4 is 11.1 Å². The fourth-order valence-electron chi connectivity index (χ4n) is 2.39. The number of likely N-dealkylation sites (N-methyl/N-ethyl adjacent to an activating group) is 1. The van der Waals surface area contributed by atoms with Gasteiger partial charge in [0.25, 0.3) is 0 Å². The third-order valence-electron chi connectivity index (χ3n) is 3.72. The minimum absolute atomic E-state index is 0.0359. The molecular weight excluding hydrogens is 273 g/mol. The lowest BCUT2D eigenvalue weighted by Crippen LogP contribution is -2.33. The van der Waals surface area contributed by atoms with E-state index in [0.717, 1.165) is 32.6 Å². The molecule has 116 valence electrons. The lowest BCUT2D eigenvalue weighted by atomic mass is 10.2. The van der Waals surface area contributed by atoms with Crippen LogP contribution >= 0.6 is 0 Å². The second kappa shape index (κ2) is 7.38. The third kappa shape index (κ3) is 4.68. The molecule has 1 amide bonds. The summed E-state index contributed by atoms with van der Waals surface area (Å²) in [5, 5.41) is 2.72. The van der Waals surface area contributed by atoms with Gasteiger partial charge in [-0.05, 0) is 44.6 Å². The van der Waals surface area contributed by atoms with Crippen LogP contribution in [0.15, 0.2) is 18.2 Å². The van der Waals surface area contributed by atoms with Gasteiger partial charge in [0.15, 0.2) is 0 Å². The Balaban J connectivity index is 1.70. The number of anilines is 2. The second-order valence-electron chi connectivity index (χ2n) is 5.39. The van der Waals surface area contributed by atoms with Crippen LogP contribution in [-0.2, 0) is 9.53 Å². The molecule has 0 bridgehead atoms. The van der Waals surface area contributed by atoms with Gasteiger partial charge >= 0.3 is 0 Å². The molecular formula is C15H22FN3O2. The molecule has 1 unspecified atom stereocenters. The van der Waals surface area contributed by atoms with Crippen molar-refractivity contribution in [3.63, 3.8) is 0 Å². The standard InChI is InChI=1S/C15H22FN3O2/c1-19(12-6-8-21-10-12)7-2-3-15(20)18-11-4-5-13(16)14(17)9-11/h4-5,9,12H,2-3,6-8,10,17H2,1H3,(H,18,20). The molecule has 0 aromatic heterocycles. The Morgan fingerprint density at radius 3 is 3.05 bits per heavy atom. The van der Waals surface area contributed by atoms with E-state index in [1.807, 2.05) is 0 Å². The number of benzene rings is 1. The highest BCUT2D eigenvalue weighted by Gasteiger charge is 2.19. The summed E-state index contributed by atoms with van der Waals surface area (Å²) in [5.41, 5.74) is 6.02. The van der Waals surface area contributed by atoms with E-state index in [0.29, 0.717) is 18.2 Å². The number of carbonyl (C=O) groups excluding carboxylic acids is 1. The van der Waals surface area contributed by atoms with Gasteiger partial charge in [-0.3, -0.25) is 4.79 Å². The van der Waals surface area contributed by atoms with Gasteiger partial charge in [-0.25, -0.2) is 4.39 Å². The maximum absolute atomic E-state index is 13.0. The van der Waals surface area contributed by atoms with Crippen molar-refractivity contribution in [3.05, 3.63) is 24.0 Å². The normalized spacial score (nSPS) is 18.1. The van der Waals surface area contributed by atoms with E-state index < -0.39 is 5.82 Å². The summed E-state index contributed by atoms with van der Waals surface area (Å²) in [5.74, 6) is -0.564. The van der Waals surface area contributed by atoms with Crippen LogP contribution in [0, 0.1) is 5.82 Å². The average Bonchev–Trinajstić information content (AvgIpc) is 2.97. The maximum Gasteiger partial charge on any atom is 0.224 e. The summed E-state index contributed by atoms with van der Waals surface area (Å²) < 4.78 is 18.4. The van der Waals surface area contributed by atoms with Crippen LogP contribution in [0.1, 0.15) is 19.3 Å². The van der Waals surface area contributed by atoms with Gasteiger partial charge < -0.3 is 20.7 Å². The highest BCUT2D eigenvalue weighted by Crippen LogP contribution is 2.17. The van der Waals surface area contributed by atoms with Crippen molar-refractivity contribution in [2.75, 3.05) is 37.9 Å². The zero-order valence-corrected chi connectivity index (χ0v) is 12.3. The van der Waals surface area contributed by atoms with Gasteiger partial charge in [0, 0.05) is 24.8 Å². The van der Waals surface area contributed by atoms with E-state index in [-0.39, 0.29) is 11.6 Å². The predicted molar refractivity (Wildman–Crippen MR) is 80.5 cm³/mol. The summed E-state index contributed by atoms with van der Waals surface area (Å²) in [6, 6.07) is 4.64. The van der Waals surface area contributed by atoms with Crippen molar-refractivity contribution >= 4 is 17.3 Å². The van der Waals surface area contributed by atoms with Crippen LogP contribution in [0.25, 0.3) is 0 Å². The van der Waals surface area contributed by atoms with Gasteiger partial charge in [-0.2, -0.15) is 0 Å². The number of hydrogen-bond acceptors (Lipinski definition) is 4. The largest absolute Gasteiger partial charge is 0.396 e. The first-order valence-corrected chi connectivity index (χ1v) is 7.19. The van der Waals surface area contributed by atoms with Crippen molar-refractivity contribution in [3.8, 4) is 0 Å². The molecule has 1 aliphatic rings. The molecule has 1 aromatic rings. The number of nitrogen functional groups attached to an aromatic ring is 1. The molecule has 1 fully saturated rings. The SMILES string of the molecule is CN(CCCC(=O)Nc1ccc(F)c(N)c1)C1CCOC1. The third-order valence-corrected chi connectivity index (χ3v) is 3.72. The van der Waals surface area contributed by atoms with E-state index in [2.05, 4.69) is 17.3 Å². The molecule has 21 heavy (non-hydrogen) atoms. The molecule has 0 radical (unpaired) electrons. The van der Waals surface area contributed by atoms with Gasteiger partial charge in [-0.15, -0.1) is 0 Å². The molecule has 1 aromatic carbocycles. The van der Waals surface area contributed by atoms with E-state index in [4.69, 9.17) is 10.5 Å². The van der Waals surface area contributed by atoms with Crippen LogP contribution in [0.5, 0.6) is 0 Å². The number of halogens is 1. The number of amides is 1. The molecule has 2 rings (SSSR count). The van der Waals surface area contributed by atoms with Crippen LogP contribution in [0.3, 0.4) is 0 Å². The molecule has 0 aliphatic carbocycles. The average molecular weight is 295 g/mol. The van der Waals surface area contributed by atoms with E-state index in [1.54, 1.807) is 0 Å². The topological polar surface area (TPSA) is 67.6 Å². The number of nitrogens with one attached hydrogen (secondary N) is 1. The second-order valence-corrected chi connectivity index (χ2v) is 5.39. The minimum atomic E-state index is -0.478. The Morgan fingerprint density at radius 1 is 1.57 bits per heavy atom. The van der Waals surface area contributed by atoms with Crippen LogP contribution in [-0.4, -0.2) is 43.7 Å². The quantitative estimate of drug-likeness (QED) is 0.786. The Morgan fingerprint density at radius 2 is 2.38 bits per heavy atom. The minimum Gasteiger partial charge on any atom is -0.396 e. The molecule has 3 N–H and O–H groups in total. The molecule has 0 spiro atoms. The van der Waals surface area contributed by atoms with Gasteiger partial charge in [-0.1, -0.05) is 0 Å². The molecule has 5 nitrogen and oxygen atoms in total.